The molecule has 4 heterocycles. The number of nitrogens with zero attached hydrogens (tertiary/aromatic N) is 3. The van der Waals surface area contributed by atoms with E-state index in [-0.39, 0.29) is 18.0 Å². The number of esters is 1. The molecule has 0 aliphatic carbocycles. The fourth-order valence-corrected chi connectivity index (χ4v) is 7.04. The molecule has 0 N–H and O–H groups in total. The lowest BCUT2D eigenvalue weighted by atomic mass is 9.93. The van der Waals surface area contributed by atoms with Crippen LogP contribution >= 0.6 is 0 Å². The number of ether oxygens (including phenoxy) is 4. The molecular formula is C38H49N3O5. The third-order valence-corrected chi connectivity index (χ3v) is 9.52. The van der Waals surface area contributed by atoms with E-state index >= 15 is 0 Å². The first kappa shape index (κ1) is 32.5. The topological polar surface area (TPSA) is 73.4 Å². The SMILES string of the molecule is COC1CN(c2cccc(-c3cccc(C)c3OCc3ccc4c(c3)CCN(C3CCOCC3)C4)n2)CC[C@H]1C(=O)OC(C)(C)C. The lowest BCUT2D eigenvalue weighted by Gasteiger charge is -2.38. The van der Waals surface area contributed by atoms with Crippen LogP contribution in [0.5, 0.6) is 5.75 Å². The molecule has 8 nitrogen and oxygen atoms in total. The smallest absolute Gasteiger partial charge is 0.312 e. The van der Waals surface area contributed by atoms with Crippen molar-refractivity contribution in [2.24, 2.45) is 5.92 Å². The number of piperidine rings is 1. The van der Waals surface area contributed by atoms with Gasteiger partial charge in [-0.1, -0.05) is 36.4 Å². The van der Waals surface area contributed by atoms with Crippen molar-refractivity contribution in [1.29, 1.82) is 0 Å². The summed E-state index contributed by atoms with van der Waals surface area (Å²) >= 11 is 0. The maximum absolute atomic E-state index is 12.9. The normalized spacial score (nSPS) is 21.1. The Labute approximate surface area is 274 Å². The highest BCUT2D eigenvalue weighted by Crippen LogP contribution is 2.35. The largest absolute Gasteiger partial charge is 0.488 e. The minimum Gasteiger partial charge on any atom is -0.488 e. The van der Waals surface area contributed by atoms with Gasteiger partial charge in [0, 0.05) is 58.1 Å². The van der Waals surface area contributed by atoms with Gasteiger partial charge in [0.2, 0.25) is 0 Å². The van der Waals surface area contributed by atoms with Crippen LogP contribution in [-0.4, -0.2) is 73.6 Å². The van der Waals surface area contributed by atoms with Gasteiger partial charge >= 0.3 is 5.97 Å². The summed E-state index contributed by atoms with van der Waals surface area (Å²) in [6.07, 6.45) is 3.72. The fraction of sp³-hybridized carbons (Fsp3) is 0.526. The molecule has 0 bridgehead atoms. The van der Waals surface area contributed by atoms with Gasteiger partial charge in [-0.2, -0.15) is 0 Å². The minimum atomic E-state index is -0.525. The molecule has 3 aliphatic rings. The van der Waals surface area contributed by atoms with E-state index in [0.717, 1.165) is 74.0 Å². The Morgan fingerprint density at radius 3 is 2.59 bits per heavy atom. The van der Waals surface area contributed by atoms with Crippen LogP contribution in [0.1, 0.15) is 62.3 Å². The first-order chi connectivity index (χ1) is 22.2. The van der Waals surface area contributed by atoms with Gasteiger partial charge in [0.15, 0.2) is 0 Å². The Hall–Kier alpha value is -3.46. The van der Waals surface area contributed by atoms with Crippen molar-refractivity contribution in [2.45, 2.75) is 84.3 Å². The van der Waals surface area contributed by atoms with Gasteiger partial charge in [-0.3, -0.25) is 9.69 Å². The van der Waals surface area contributed by atoms with Gasteiger partial charge in [-0.05, 0) is 93.8 Å². The molecule has 3 aromatic rings. The highest BCUT2D eigenvalue weighted by atomic mass is 16.6. The molecule has 3 aliphatic heterocycles. The molecule has 6 rings (SSSR count). The summed E-state index contributed by atoms with van der Waals surface area (Å²) < 4.78 is 23.6. The Kier molecular flexibility index (Phi) is 9.97. The molecular weight excluding hydrogens is 578 g/mol. The van der Waals surface area contributed by atoms with E-state index in [9.17, 15) is 4.79 Å². The standard InChI is InChI=1S/C38H49N3O5/c1-26-8-6-9-31(33-10-7-11-35(39-33)41-19-15-32(34(24-41)43-5)37(42)46-38(2,3)4)36(26)45-25-27-12-13-29-23-40(18-14-28(29)22-27)30-16-20-44-21-17-30/h6-13,22,30,32,34H,14-21,23-25H2,1-5H3/t32-,34?/m1/s1. The van der Waals surface area contributed by atoms with Gasteiger partial charge in [0.05, 0.1) is 17.7 Å². The van der Waals surface area contributed by atoms with Crippen LogP contribution in [0.2, 0.25) is 0 Å². The summed E-state index contributed by atoms with van der Waals surface area (Å²) in [5, 5.41) is 0. The van der Waals surface area contributed by atoms with Crippen molar-refractivity contribution in [3.8, 4) is 17.0 Å². The molecule has 0 radical (unpaired) electrons. The third kappa shape index (κ3) is 7.56. The molecule has 2 saturated heterocycles. The molecule has 8 heteroatoms. The number of hydrogen-bond donors (Lipinski definition) is 0. The lowest BCUT2D eigenvalue weighted by molar-refractivity contribution is -0.165. The summed E-state index contributed by atoms with van der Waals surface area (Å²) in [5.74, 6) is 1.22. The van der Waals surface area contributed by atoms with E-state index in [1.165, 1.54) is 16.7 Å². The number of rotatable bonds is 8. The van der Waals surface area contributed by atoms with Crippen LogP contribution in [0.3, 0.4) is 0 Å². The highest BCUT2D eigenvalue weighted by Gasteiger charge is 2.37. The average molecular weight is 628 g/mol. The monoisotopic (exact) mass is 627 g/mol. The zero-order valence-corrected chi connectivity index (χ0v) is 28.1. The molecule has 2 fully saturated rings. The van der Waals surface area contributed by atoms with Crippen LogP contribution in [0, 0.1) is 12.8 Å². The van der Waals surface area contributed by atoms with Gasteiger partial charge in [-0.15, -0.1) is 0 Å². The van der Waals surface area contributed by atoms with Crippen LogP contribution < -0.4 is 9.64 Å². The van der Waals surface area contributed by atoms with Crippen LogP contribution in [0.25, 0.3) is 11.3 Å². The molecule has 0 saturated carbocycles. The summed E-state index contributed by atoms with van der Waals surface area (Å²) in [6, 6.07) is 19.8. The predicted molar refractivity (Wildman–Crippen MR) is 180 cm³/mol. The van der Waals surface area contributed by atoms with Gasteiger partial charge < -0.3 is 23.8 Å². The minimum absolute atomic E-state index is 0.196. The van der Waals surface area contributed by atoms with Crippen molar-refractivity contribution in [2.75, 3.05) is 44.9 Å². The number of hydrogen-bond acceptors (Lipinski definition) is 8. The van der Waals surface area contributed by atoms with Crippen LogP contribution in [0.4, 0.5) is 5.82 Å². The second-order valence-electron chi connectivity index (χ2n) is 13.9. The van der Waals surface area contributed by atoms with Crippen molar-refractivity contribution < 1.29 is 23.7 Å². The second kappa shape index (κ2) is 14.1. The maximum Gasteiger partial charge on any atom is 0.312 e. The summed E-state index contributed by atoms with van der Waals surface area (Å²) in [5.41, 5.74) is 6.44. The van der Waals surface area contributed by atoms with Crippen molar-refractivity contribution in [1.82, 2.24) is 9.88 Å². The molecule has 0 amide bonds. The number of pyridine rings is 1. The molecule has 0 spiro atoms. The molecule has 2 aromatic carbocycles. The number of aromatic nitrogens is 1. The summed E-state index contributed by atoms with van der Waals surface area (Å²) in [6.45, 7) is 13.4. The molecule has 246 valence electrons. The molecule has 1 aromatic heterocycles. The van der Waals surface area contributed by atoms with E-state index in [1.807, 2.05) is 39.0 Å². The quantitative estimate of drug-likeness (QED) is 0.268. The second-order valence-corrected chi connectivity index (χ2v) is 13.9. The number of carbonyl (C=O) groups excluding carboxylic acids is 1. The first-order valence-electron chi connectivity index (χ1n) is 16.8. The number of anilines is 1. The number of para-hydroxylation sites is 1. The first-order valence-corrected chi connectivity index (χ1v) is 16.8. The molecule has 2 atom stereocenters. The number of methoxy groups -OCH3 is 1. The lowest BCUT2D eigenvalue weighted by Crippen LogP contribution is -2.49. The van der Waals surface area contributed by atoms with Gasteiger partial charge in [0.1, 0.15) is 23.8 Å². The van der Waals surface area contributed by atoms with Crippen LogP contribution in [-0.2, 0) is 38.6 Å². The Balaban J connectivity index is 1.14. The van der Waals surface area contributed by atoms with E-state index in [1.54, 1.807) is 7.11 Å². The summed E-state index contributed by atoms with van der Waals surface area (Å²) in [7, 11) is 1.66. The Bertz CT molecular complexity index is 1510. The highest BCUT2D eigenvalue weighted by molar-refractivity contribution is 5.74. The third-order valence-electron chi connectivity index (χ3n) is 9.52. The van der Waals surface area contributed by atoms with Crippen molar-refractivity contribution in [3.63, 3.8) is 0 Å². The Morgan fingerprint density at radius 2 is 1.80 bits per heavy atom. The van der Waals surface area contributed by atoms with E-state index in [2.05, 4.69) is 53.1 Å². The molecule has 1 unspecified atom stereocenters. The maximum atomic E-state index is 12.9. The number of carbonyl (C=O) groups is 1. The van der Waals surface area contributed by atoms with E-state index in [0.29, 0.717) is 32.2 Å². The molecule has 46 heavy (non-hydrogen) atoms. The fourth-order valence-electron chi connectivity index (χ4n) is 7.04. The van der Waals surface area contributed by atoms with Gasteiger partial charge in [-0.25, -0.2) is 4.98 Å². The van der Waals surface area contributed by atoms with Gasteiger partial charge in [0.25, 0.3) is 0 Å². The number of fused-ring (bicyclic) bond motifs is 1. The predicted octanol–water partition coefficient (Wildman–Crippen LogP) is 6.36. The van der Waals surface area contributed by atoms with E-state index in [4.69, 9.17) is 23.9 Å². The zero-order valence-electron chi connectivity index (χ0n) is 28.1. The van der Waals surface area contributed by atoms with Crippen molar-refractivity contribution >= 4 is 11.8 Å². The van der Waals surface area contributed by atoms with Crippen molar-refractivity contribution in [3.05, 3.63) is 76.9 Å². The number of aryl methyl sites for hydroxylation is 1. The zero-order chi connectivity index (χ0) is 32.3. The summed E-state index contributed by atoms with van der Waals surface area (Å²) in [4.78, 5) is 22.8. The van der Waals surface area contributed by atoms with Crippen LogP contribution in [0.15, 0.2) is 54.6 Å². The van der Waals surface area contributed by atoms with E-state index < -0.39 is 5.60 Å². The Morgan fingerprint density at radius 1 is 1.00 bits per heavy atom. The number of benzene rings is 2. The average Bonchev–Trinajstić information content (AvgIpc) is 3.06.